The lowest BCUT2D eigenvalue weighted by Gasteiger charge is -2.14. The number of ether oxygens (including phenoxy) is 3. The Kier molecular flexibility index (Phi) is 8.36. The molecule has 174 valence electrons. The van der Waals surface area contributed by atoms with E-state index in [4.69, 9.17) is 37.4 Å². The van der Waals surface area contributed by atoms with E-state index in [-0.39, 0.29) is 16.3 Å². The first-order valence-corrected chi connectivity index (χ1v) is 11.0. The lowest BCUT2D eigenvalue weighted by Crippen LogP contribution is -2.16. The second-order valence-electron chi connectivity index (χ2n) is 7.32. The van der Waals surface area contributed by atoms with Gasteiger partial charge in [0.15, 0.2) is 0 Å². The van der Waals surface area contributed by atoms with Gasteiger partial charge >= 0.3 is 5.97 Å². The van der Waals surface area contributed by atoms with Crippen LogP contribution in [0.4, 0.5) is 0 Å². The van der Waals surface area contributed by atoms with Crippen LogP contribution in [0.5, 0.6) is 11.5 Å². The zero-order valence-electron chi connectivity index (χ0n) is 18.6. The van der Waals surface area contributed by atoms with Gasteiger partial charge in [0.05, 0.1) is 26.4 Å². The molecule has 0 radical (unpaired) electrons. The predicted octanol–water partition coefficient (Wildman–Crippen LogP) is 4.95. The first kappa shape index (κ1) is 24.6. The molecule has 0 unspecified atom stereocenters. The second-order valence-corrected chi connectivity index (χ2v) is 8.11. The molecule has 0 N–H and O–H groups in total. The van der Waals surface area contributed by atoms with Gasteiger partial charge < -0.3 is 18.8 Å². The van der Waals surface area contributed by atoms with E-state index in [1.807, 2.05) is 12.1 Å². The number of hydrogen-bond donors (Lipinski definition) is 0. The zero-order valence-corrected chi connectivity index (χ0v) is 20.1. The Labute approximate surface area is 201 Å². The maximum absolute atomic E-state index is 12.2. The first-order valence-electron chi connectivity index (χ1n) is 10.2. The van der Waals surface area contributed by atoms with E-state index in [0.29, 0.717) is 28.5 Å². The first-order chi connectivity index (χ1) is 15.8. The maximum Gasteiger partial charge on any atom is 0.339 e. The van der Waals surface area contributed by atoms with Crippen molar-refractivity contribution in [2.75, 3.05) is 20.8 Å². The molecule has 2 aromatic heterocycles. The van der Waals surface area contributed by atoms with Gasteiger partial charge in [-0.05, 0) is 49.1 Å². The molecule has 0 saturated carbocycles. The third-order valence-electron chi connectivity index (χ3n) is 5.08. The normalized spacial score (nSPS) is 10.7. The second kappa shape index (κ2) is 11.2. The van der Waals surface area contributed by atoms with E-state index < -0.39 is 5.97 Å². The summed E-state index contributed by atoms with van der Waals surface area (Å²) in [5.74, 6) is 0.620. The van der Waals surface area contributed by atoms with Crippen LogP contribution >= 0.6 is 23.2 Å². The number of aryl methyl sites for hydroxylation is 2. The lowest BCUT2D eigenvalue weighted by atomic mass is 10.1. The predicted molar refractivity (Wildman–Crippen MR) is 128 cm³/mol. The van der Waals surface area contributed by atoms with E-state index in [1.165, 1.54) is 23.9 Å². The number of halogens is 2. The number of methoxy groups -OCH3 is 2. The molecule has 33 heavy (non-hydrogen) atoms. The number of benzene rings is 1. The van der Waals surface area contributed by atoms with E-state index in [2.05, 4.69) is 4.98 Å². The van der Waals surface area contributed by atoms with Crippen LogP contribution in [-0.4, -0.2) is 36.3 Å². The summed E-state index contributed by atoms with van der Waals surface area (Å²) in [6.45, 7) is 0.380. The molecule has 9 heteroatoms. The molecule has 0 spiro atoms. The van der Waals surface area contributed by atoms with E-state index in [1.54, 1.807) is 32.5 Å². The number of rotatable bonds is 9. The van der Waals surface area contributed by atoms with Gasteiger partial charge in [-0.3, -0.25) is 4.79 Å². The molecule has 0 saturated heterocycles. The summed E-state index contributed by atoms with van der Waals surface area (Å²) in [5, 5.41) is 0.839. The van der Waals surface area contributed by atoms with Crippen molar-refractivity contribution in [1.29, 1.82) is 0 Å². The van der Waals surface area contributed by atoms with Crippen LogP contribution in [0, 0.1) is 0 Å². The molecule has 0 aliphatic rings. The summed E-state index contributed by atoms with van der Waals surface area (Å²) in [6.07, 6.45) is 5.28. The largest absolute Gasteiger partial charge is 0.496 e. The molecule has 3 rings (SSSR count). The fourth-order valence-corrected chi connectivity index (χ4v) is 3.74. The molecular weight excluding hydrogens is 467 g/mol. The number of aromatic nitrogens is 2. The van der Waals surface area contributed by atoms with Crippen LogP contribution in [0.1, 0.15) is 28.8 Å². The molecule has 2 heterocycles. The summed E-state index contributed by atoms with van der Waals surface area (Å²) in [6, 6.07) is 8.50. The Balaban J connectivity index is 1.76. The highest BCUT2D eigenvalue weighted by Gasteiger charge is 2.17. The number of unbranched alkanes of at least 4 members (excludes halogenated alkanes) is 1. The Bertz CT molecular complexity index is 1210. The van der Waals surface area contributed by atoms with Crippen molar-refractivity contribution in [3.8, 4) is 22.6 Å². The van der Waals surface area contributed by atoms with Crippen molar-refractivity contribution in [1.82, 2.24) is 9.55 Å². The Morgan fingerprint density at radius 1 is 1.06 bits per heavy atom. The van der Waals surface area contributed by atoms with Gasteiger partial charge in [0, 0.05) is 41.7 Å². The monoisotopic (exact) mass is 490 g/mol. The molecule has 3 aromatic rings. The number of esters is 1. The van der Waals surface area contributed by atoms with Crippen LogP contribution in [0.2, 0.25) is 10.2 Å². The molecule has 0 amide bonds. The third-order valence-corrected chi connectivity index (χ3v) is 5.62. The minimum absolute atomic E-state index is 0.180. The van der Waals surface area contributed by atoms with Crippen molar-refractivity contribution < 1.29 is 19.0 Å². The standard InChI is InChI=1S/C24H24Cl2N2O5/c1-28-14-19(18-11-16(24(30)32-3)13-27-23(18)26)21(12-22(28)29)33-9-5-4-6-15-10-17(25)7-8-20(15)31-2/h7-8,10-14H,4-6,9H2,1-3H3. The summed E-state index contributed by atoms with van der Waals surface area (Å²) in [7, 11) is 4.54. The number of carbonyl (C=O) groups is 1. The summed E-state index contributed by atoms with van der Waals surface area (Å²) >= 11 is 12.4. The van der Waals surface area contributed by atoms with Gasteiger partial charge in [-0.2, -0.15) is 0 Å². The van der Waals surface area contributed by atoms with Gasteiger partial charge in [-0.25, -0.2) is 9.78 Å². The fourth-order valence-electron chi connectivity index (χ4n) is 3.34. The lowest BCUT2D eigenvalue weighted by molar-refractivity contribution is 0.0600. The van der Waals surface area contributed by atoms with Crippen molar-refractivity contribution in [2.24, 2.45) is 7.05 Å². The van der Waals surface area contributed by atoms with Gasteiger partial charge in [0.25, 0.3) is 5.56 Å². The molecule has 0 bridgehead atoms. The maximum atomic E-state index is 12.2. The summed E-state index contributed by atoms with van der Waals surface area (Å²) in [5.41, 5.74) is 2.06. The molecule has 0 aliphatic carbocycles. The topological polar surface area (TPSA) is 79.7 Å². The van der Waals surface area contributed by atoms with E-state index in [9.17, 15) is 9.59 Å². The molecular formula is C24H24Cl2N2O5. The third kappa shape index (κ3) is 6.06. The number of carbonyl (C=O) groups excluding carboxylic acids is 1. The van der Waals surface area contributed by atoms with Crippen molar-refractivity contribution in [3.05, 3.63) is 74.4 Å². The van der Waals surface area contributed by atoms with Crippen LogP contribution in [-0.2, 0) is 18.2 Å². The average molecular weight is 491 g/mol. The van der Waals surface area contributed by atoms with Crippen molar-refractivity contribution in [3.63, 3.8) is 0 Å². The molecule has 7 nitrogen and oxygen atoms in total. The van der Waals surface area contributed by atoms with Crippen LogP contribution in [0.25, 0.3) is 11.1 Å². The molecule has 0 atom stereocenters. The zero-order chi connectivity index (χ0) is 24.0. The highest BCUT2D eigenvalue weighted by atomic mass is 35.5. The average Bonchev–Trinajstić information content (AvgIpc) is 2.81. The Morgan fingerprint density at radius 2 is 1.85 bits per heavy atom. The summed E-state index contributed by atoms with van der Waals surface area (Å²) < 4.78 is 17.5. The quantitative estimate of drug-likeness (QED) is 0.239. The Hall–Kier alpha value is -3.03. The molecule has 0 aliphatic heterocycles. The fraction of sp³-hybridized carbons (Fsp3) is 0.292. The SMILES string of the molecule is COC(=O)c1cnc(Cl)c(-c2cn(C)c(=O)cc2OCCCCc2cc(Cl)ccc2OC)c1. The highest BCUT2D eigenvalue weighted by Crippen LogP contribution is 2.34. The van der Waals surface area contributed by atoms with Crippen LogP contribution in [0.15, 0.2) is 47.5 Å². The van der Waals surface area contributed by atoms with Crippen LogP contribution in [0.3, 0.4) is 0 Å². The van der Waals surface area contributed by atoms with E-state index in [0.717, 1.165) is 30.6 Å². The number of hydrogen-bond acceptors (Lipinski definition) is 6. The Morgan fingerprint density at radius 3 is 2.58 bits per heavy atom. The smallest absolute Gasteiger partial charge is 0.339 e. The van der Waals surface area contributed by atoms with Crippen molar-refractivity contribution >= 4 is 29.2 Å². The van der Waals surface area contributed by atoms with Crippen LogP contribution < -0.4 is 15.0 Å². The summed E-state index contributed by atoms with van der Waals surface area (Å²) in [4.78, 5) is 28.3. The highest BCUT2D eigenvalue weighted by molar-refractivity contribution is 6.32. The minimum atomic E-state index is -0.538. The number of nitrogens with zero attached hydrogens (tertiary/aromatic N) is 2. The van der Waals surface area contributed by atoms with Gasteiger partial charge in [0.2, 0.25) is 0 Å². The van der Waals surface area contributed by atoms with Gasteiger partial charge in [-0.1, -0.05) is 23.2 Å². The van der Waals surface area contributed by atoms with E-state index >= 15 is 0 Å². The van der Waals surface area contributed by atoms with Gasteiger partial charge in [0.1, 0.15) is 16.7 Å². The van der Waals surface area contributed by atoms with Gasteiger partial charge in [-0.15, -0.1) is 0 Å². The molecule has 0 fully saturated rings. The minimum Gasteiger partial charge on any atom is -0.496 e. The molecule has 1 aromatic carbocycles. The number of pyridine rings is 2. The van der Waals surface area contributed by atoms with Crippen molar-refractivity contribution in [2.45, 2.75) is 19.3 Å².